The zero-order valence-electron chi connectivity index (χ0n) is 9.33. The van der Waals surface area contributed by atoms with Crippen LogP contribution in [0, 0.1) is 26.2 Å². The molecule has 0 saturated heterocycles. The molecule has 3 nitrogen and oxygen atoms in total. The summed E-state index contributed by atoms with van der Waals surface area (Å²) in [6, 6.07) is 4.33. The summed E-state index contributed by atoms with van der Waals surface area (Å²) in [5.74, 6) is 0.425. The van der Waals surface area contributed by atoms with Crippen molar-refractivity contribution in [1.82, 2.24) is 0 Å². The van der Waals surface area contributed by atoms with Gasteiger partial charge >= 0.3 is 0 Å². The Morgan fingerprint density at radius 1 is 1.20 bits per heavy atom. The third-order valence-corrected chi connectivity index (χ3v) is 2.60. The van der Waals surface area contributed by atoms with Crippen LogP contribution in [-0.2, 0) is 0 Å². The number of rotatable bonds is 1. The van der Waals surface area contributed by atoms with Gasteiger partial charge in [0.15, 0.2) is 0 Å². The third kappa shape index (κ3) is 1.77. The van der Waals surface area contributed by atoms with Gasteiger partial charge in [-0.05, 0) is 31.9 Å². The van der Waals surface area contributed by atoms with Gasteiger partial charge < -0.3 is 4.90 Å². The zero-order valence-corrected chi connectivity index (χ0v) is 9.33. The Labute approximate surface area is 90.0 Å². The fourth-order valence-electron chi connectivity index (χ4n) is 2.14. The van der Waals surface area contributed by atoms with Crippen molar-refractivity contribution in [3.8, 4) is 0 Å². The van der Waals surface area contributed by atoms with Crippen LogP contribution in [0.25, 0.3) is 0 Å². The topological polar surface area (TPSA) is 39.5 Å². The van der Waals surface area contributed by atoms with Crippen molar-refractivity contribution in [3.63, 3.8) is 0 Å². The number of anilines is 1. The summed E-state index contributed by atoms with van der Waals surface area (Å²) in [5, 5.41) is 7.47. The molecular formula is C12H15N3. The number of hydrogen-bond acceptors (Lipinski definition) is 2. The van der Waals surface area contributed by atoms with E-state index in [1.165, 1.54) is 22.4 Å². The second-order valence-corrected chi connectivity index (χ2v) is 4.07. The molecule has 0 aromatic heterocycles. The Morgan fingerprint density at radius 3 is 2.27 bits per heavy atom. The van der Waals surface area contributed by atoms with Crippen molar-refractivity contribution < 1.29 is 0 Å². The van der Waals surface area contributed by atoms with Crippen molar-refractivity contribution in [3.05, 3.63) is 28.8 Å². The number of amidine groups is 1. The van der Waals surface area contributed by atoms with Gasteiger partial charge in [-0.3, -0.25) is 5.41 Å². The monoisotopic (exact) mass is 201 g/mol. The summed E-state index contributed by atoms with van der Waals surface area (Å²) >= 11 is 0. The van der Waals surface area contributed by atoms with E-state index in [9.17, 15) is 0 Å². The van der Waals surface area contributed by atoms with Crippen LogP contribution in [0.1, 0.15) is 16.7 Å². The van der Waals surface area contributed by atoms with Crippen LogP contribution in [0.5, 0.6) is 0 Å². The van der Waals surface area contributed by atoms with Crippen LogP contribution in [-0.4, -0.2) is 18.7 Å². The third-order valence-electron chi connectivity index (χ3n) is 2.60. The van der Waals surface area contributed by atoms with Gasteiger partial charge in [0.25, 0.3) is 0 Å². The number of nitrogens with zero attached hydrogens (tertiary/aromatic N) is 2. The highest BCUT2D eigenvalue weighted by molar-refractivity contribution is 6.04. The molecule has 0 saturated carbocycles. The van der Waals surface area contributed by atoms with E-state index in [-0.39, 0.29) is 0 Å². The average Bonchev–Trinajstić information content (AvgIpc) is 2.49. The predicted octanol–water partition coefficient (Wildman–Crippen LogP) is 2.44. The quantitative estimate of drug-likeness (QED) is 0.744. The minimum absolute atomic E-state index is 0.425. The van der Waals surface area contributed by atoms with Crippen molar-refractivity contribution >= 4 is 17.9 Å². The molecule has 1 heterocycles. The molecular weight excluding hydrogens is 186 g/mol. The molecule has 0 bridgehead atoms. The van der Waals surface area contributed by atoms with Gasteiger partial charge in [0.1, 0.15) is 5.84 Å². The summed E-state index contributed by atoms with van der Waals surface area (Å²) in [6.07, 6.45) is 1.74. The second-order valence-electron chi connectivity index (χ2n) is 4.07. The van der Waals surface area contributed by atoms with Crippen LogP contribution in [0.15, 0.2) is 17.1 Å². The number of benzene rings is 1. The molecule has 1 aromatic rings. The standard InChI is InChI=1S/C12H15N3/c1-8-4-9(2)12(10(3)5-8)15-6-11(13)14-7-15/h4-5,7,13H,6H2,1-3H3. The Bertz CT molecular complexity index is 423. The predicted molar refractivity (Wildman–Crippen MR) is 64.2 cm³/mol. The van der Waals surface area contributed by atoms with Crippen LogP contribution >= 0.6 is 0 Å². The molecule has 0 spiro atoms. The van der Waals surface area contributed by atoms with E-state index in [4.69, 9.17) is 5.41 Å². The molecule has 0 fully saturated rings. The molecule has 0 unspecified atom stereocenters. The number of aryl methyl sites for hydroxylation is 3. The lowest BCUT2D eigenvalue weighted by Gasteiger charge is -2.19. The highest BCUT2D eigenvalue weighted by Gasteiger charge is 2.16. The SMILES string of the molecule is Cc1cc(C)c(N2C=NC(=N)C2)c(C)c1. The maximum Gasteiger partial charge on any atom is 0.142 e. The van der Waals surface area contributed by atoms with E-state index in [1.54, 1.807) is 6.34 Å². The zero-order chi connectivity index (χ0) is 11.0. The molecule has 2 rings (SSSR count). The van der Waals surface area contributed by atoms with E-state index < -0.39 is 0 Å². The first kappa shape index (κ1) is 9.90. The fraction of sp³-hybridized carbons (Fsp3) is 0.333. The molecule has 1 aliphatic rings. The largest absolute Gasteiger partial charge is 0.324 e. The maximum atomic E-state index is 7.47. The van der Waals surface area contributed by atoms with Crippen molar-refractivity contribution in [2.24, 2.45) is 4.99 Å². The Hall–Kier alpha value is -1.64. The molecule has 1 aliphatic heterocycles. The molecule has 0 radical (unpaired) electrons. The molecule has 1 aromatic carbocycles. The Morgan fingerprint density at radius 2 is 1.80 bits per heavy atom. The summed E-state index contributed by atoms with van der Waals surface area (Å²) in [4.78, 5) is 6.02. The normalized spacial score (nSPS) is 15.1. The molecule has 3 heteroatoms. The van der Waals surface area contributed by atoms with Gasteiger partial charge in [-0.2, -0.15) is 0 Å². The summed E-state index contributed by atoms with van der Waals surface area (Å²) in [6.45, 7) is 6.89. The first-order valence-electron chi connectivity index (χ1n) is 5.04. The lowest BCUT2D eigenvalue weighted by atomic mass is 10.0. The minimum Gasteiger partial charge on any atom is -0.324 e. The number of aliphatic imine (C=N–C) groups is 1. The van der Waals surface area contributed by atoms with Gasteiger partial charge in [-0.25, -0.2) is 4.99 Å². The highest BCUT2D eigenvalue weighted by atomic mass is 15.2. The summed E-state index contributed by atoms with van der Waals surface area (Å²) in [5.41, 5.74) is 4.95. The molecule has 0 aliphatic carbocycles. The molecule has 15 heavy (non-hydrogen) atoms. The van der Waals surface area contributed by atoms with E-state index in [0.717, 1.165) is 0 Å². The van der Waals surface area contributed by atoms with Gasteiger partial charge in [0.2, 0.25) is 0 Å². The lowest BCUT2D eigenvalue weighted by Crippen LogP contribution is -2.22. The van der Waals surface area contributed by atoms with E-state index in [0.29, 0.717) is 12.4 Å². The molecule has 0 atom stereocenters. The van der Waals surface area contributed by atoms with Gasteiger partial charge in [-0.15, -0.1) is 0 Å². The van der Waals surface area contributed by atoms with E-state index in [2.05, 4.69) is 37.9 Å². The number of hydrogen-bond donors (Lipinski definition) is 1. The molecule has 0 amide bonds. The first-order chi connectivity index (χ1) is 7.08. The fourth-order valence-corrected chi connectivity index (χ4v) is 2.14. The summed E-state index contributed by atoms with van der Waals surface area (Å²) < 4.78 is 0. The Kier molecular flexibility index (Phi) is 2.31. The van der Waals surface area contributed by atoms with Crippen LogP contribution in [0.2, 0.25) is 0 Å². The summed E-state index contributed by atoms with van der Waals surface area (Å²) in [7, 11) is 0. The van der Waals surface area contributed by atoms with Gasteiger partial charge in [0.05, 0.1) is 12.9 Å². The smallest absolute Gasteiger partial charge is 0.142 e. The van der Waals surface area contributed by atoms with Gasteiger partial charge in [-0.1, -0.05) is 17.7 Å². The first-order valence-corrected chi connectivity index (χ1v) is 5.04. The number of nitrogens with one attached hydrogen (secondary N) is 1. The molecule has 78 valence electrons. The van der Waals surface area contributed by atoms with Crippen molar-refractivity contribution in [1.29, 1.82) is 5.41 Å². The highest BCUT2D eigenvalue weighted by Crippen LogP contribution is 2.26. The Balaban J connectivity index is 2.45. The average molecular weight is 201 g/mol. The van der Waals surface area contributed by atoms with E-state index >= 15 is 0 Å². The van der Waals surface area contributed by atoms with Crippen LogP contribution in [0.4, 0.5) is 5.69 Å². The van der Waals surface area contributed by atoms with Crippen molar-refractivity contribution in [2.45, 2.75) is 20.8 Å². The second kappa shape index (κ2) is 3.50. The molecule has 1 N–H and O–H groups in total. The lowest BCUT2D eigenvalue weighted by molar-refractivity contribution is 1.16. The van der Waals surface area contributed by atoms with Crippen molar-refractivity contribution in [2.75, 3.05) is 11.4 Å². The van der Waals surface area contributed by atoms with Gasteiger partial charge in [0, 0.05) is 5.69 Å². The maximum absolute atomic E-state index is 7.47. The van der Waals surface area contributed by atoms with E-state index in [1.807, 2.05) is 4.90 Å². The van der Waals surface area contributed by atoms with Crippen LogP contribution in [0.3, 0.4) is 0 Å². The minimum atomic E-state index is 0.425. The van der Waals surface area contributed by atoms with Crippen LogP contribution < -0.4 is 4.90 Å².